The van der Waals surface area contributed by atoms with Gasteiger partial charge in [-0.15, -0.1) is 5.10 Å². The fourth-order valence-electron chi connectivity index (χ4n) is 6.34. The zero-order valence-corrected chi connectivity index (χ0v) is 24.9. The van der Waals surface area contributed by atoms with Crippen molar-refractivity contribution >= 4 is 17.4 Å². The van der Waals surface area contributed by atoms with Crippen molar-refractivity contribution in [3.05, 3.63) is 30.4 Å². The normalized spacial score (nSPS) is 22.4. The summed E-state index contributed by atoms with van der Waals surface area (Å²) in [5.41, 5.74) is 3.25. The van der Waals surface area contributed by atoms with Crippen LogP contribution < -0.4 is 5.32 Å². The van der Waals surface area contributed by atoms with E-state index in [1.165, 1.54) is 0 Å². The van der Waals surface area contributed by atoms with Crippen LogP contribution in [0.2, 0.25) is 0 Å². The SMILES string of the molecule is COC[C@H](C)Nc1ncc2c(-c3cnn(C(C)(C)C(=O)N4CCCC(C)(C)C4)c3)cc(C3CCC(O)CC3)n2n1. The predicted molar refractivity (Wildman–Crippen MR) is 155 cm³/mol. The first-order valence-corrected chi connectivity index (χ1v) is 14.7. The van der Waals surface area contributed by atoms with Crippen LogP contribution in [0.5, 0.6) is 0 Å². The van der Waals surface area contributed by atoms with Crippen molar-refractivity contribution in [2.24, 2.45) is 5.41 Å². The van der Waals surface area contributed by atoms with E-state index in [9.17, 15) is 9.90 Å². The highest BCUT2D eigenvalue weighted by atomic mass is 16.5. The summed E-state index contributed by atoms with van der Waals surface area (Å²) in [6, 6.07) is 2.26. The summed E-state index contributed by atoms with van der Waals surface area (Å²) in [6.45, 7) is 12.5. The molecule has 218 valence electrons. The second-order valence-corrected chi connectivity index (χ2v) is 13.1. The first kappa shape index (κ1) is 28.5. The number of piperidine rings is 1. The number of aromatic nitrogens is 5. The molecule has 0 bridgehead atoms. The van der Waals surface area contributed by atoms with Crippen LogP contribution in [0.3, 0.4) is 0 Å². The number of methoxy groups -OCH3 is 1. The van der Waals surface area contributed by atoms with Gasteiger partial charge in [0.1, 0.15) is 5.54 Å². The first-order valence-electron chi connectivity index (χ1n) is 14.7. The smallest absolute Gasteiger partial charge is 0.249 e. The van der Waals surface area contributed by atoms with Crippen LogP contribution in [0.25, 0.3) is 16.6 Å². The number of aliphatic hydroxyl groups is 1. The lowest BCUT2D eigenvalue weighted by atomic mass is 9.83. The summed E-state index contributed by atoms with van der Waals surface area (Å²) >= 11 is 0. The number of hydrogen-bond donors (Lipinski definition) is 2. The quantitative estimate of drug-likeness (QED) is 0.426. The average molecular weight is 552 g/mol. The van der Waals surface area contributed by atoms with E-state index < -0.39 is 5.54 Å². The molecule has 1 saturated heterocycles. The lowest BCUT2D eigenvalue weighted by molar-refractivity contribution is -0.142. The van der Waals surface area contributed by atoms with Gasteiger partial charge in [-0.1, -0.05) is 13.8 Å². The molecule has 3 aromatic heterocycles. The Morgan fingerprint density at radius 2 is 2.00 bits per heavy atom. The van der Waals surface area contributed by atoms with Crippen LogP contribution in [0.1, 0.15) is 84.8 Å². The number of nitrogens with one attached hydrogen (secondary N) is 1. The zero-order chi connectivity index (χ0) is 28.7. The molecule has 0 radical (unpaired) electrons. The van der Waals surface area contributed by atoms with Gasteiger partial charge in [-0.2, -0.15) is 5.10 Å². The van der Waals surface area contributed by atoms with Gasteiger partial charge < -0.3 is 20.1 Å². The molecule has 1 aliphatic heterocycles. The molecule has 1 amide bonds. The molecule has 2 aliphatic rings. The van der Waals surface area contributed by atoms with E-state index in [0.717, 1.165) is 74.0 Å². The minimum Gasteiger partial charge on any atom is -0.393 e. The molecule has 2 N–H and O–H groups in total. The molecule has 10 heteroatoms. The van der Waals surface area contributed by atoms with E-state index in [1.807, 2.05) is 48.8 Å². The molecule has 40 heavy (non-hydrogen) atoms. The van der Waals surface area contributed by atoms with E-state index in [-0.39, 0.29) is 23.5 Å². The van der Waals surface area contributed by atoms with Crippen LogP contribution in [-0.2, 0) is 15.1 Å². The highest BCUT2D eigenvalue weighted by Gasteiger charge is 2.38. The second kappa shape index (κ2) is 11.1. The van der Waals surface area contributed by atoms with E-state index in [1.54, 1.807) is 11.8 Å². The second-order valence-electron chi connectivity index (χ2n) is 13.1. The Balaban J connectivity index is 1.48. The van der Waals surface area contributed by atoms with Gasteiger partial charge >= 0.3 is 0 Å². The highest BCUT2D eigenvalue weighted by molar-refractivity contribution is 5.85. The molecule has 1 atom stereocenters. The first-order chi connectivity index (χ1) is 19.0. The molecule has 5 rings (SSSR count). The number of carbonyl (C=O) groups is 1. The Hall–Kier alpha value is -2.98. The van der Waals surface area contributed by atoms with Crippen LogP contribution in [0, 0.1) is 5.41 Å². The lowest BCUT2D eigenvalue weighted by Crippen LogP contribution is -2.52. The fraction of sp³-hybridized carbons (Fsp3) is 0.667. The average Bonchev–Trinajstić information content (AvgIpc) is 3.54. The topological polar surface area (TPSA) is 110 Å². The Kier molecular flexibility index (Phi) is 7.94. The number of fused-ring (bicyclic) bond motifs is 1. The number of aliphatic hydroxyl groups excluding tert-OH is 1. The Morgan fingerprint density at radius 1 is 1.25 bits per heavy atom. The molecular formula is C30H45N7O3. The number of nitrogens with zero attached hydrogens (tertiary/aromatic N) is 6. The van der Waals surface area contributed by atoms with Crippen LogP contribution in [-0.4, -0.2) is 79.2 Å². The van der Waals surface area contributed by atoms with Gasteiger partial charge in [0.15, 0.2) is 0 Å². The minimum atomic E-state index is -0.811. The molecular weight excluding hydrogens is 506 g/mol. The van der Waals surface area contributed by atoms with E-state index in [2.05, 4.69) is 30.2 Å². The summed E-state index contributed by atoms with van der Waals surface area (Å²) < 4.78 is 9.06. The number of likely N-dealkylation sites (tertiary alicyclic amines) is 1. The van der Waals surface area contributed by atoms with Crippen molar-refractivity contribution in [3.8, 4) is 11.1 Å². The van der Waals surface area contributed by atoms with Crippen molar-refractivity contribution in [1.29, 1.82) is 0 Å². The Morgan fingerprint density at radius 3 is 2.70 bits per heavy atom. The summed E-state index contributed by atoms with van der Waals surface area (Å²) in [6.07, 6.45) is 11.0. The van der Waals surface area contributed by atoms with Gasteiger partial charge in [-0.3, -0.25) is 9.48 Å². The monoisotopic (exact) mass is 551 g/mol. The number of amides is 1. The van der Waals surface area contributed by atoms with Gasteiger partial charge in [-0.05, 0) is 70.8 Å². The van der Waals surface area contributed by atoms with E-state index in [0.29, 0.717) is 18.5 Å². The van der Waals surface area contributed by atoms with E-state index in [4.69, 9.17) is 14.9 Å². The lowest BCUT2D eigenvalue weighted by Gasteiger charge is -2.41. The third kappa shape index (κ3) is 5.74. The van der Waals surface area contributed by atoms with Gasteiger partial charge in [0, 0.05) is 55.2 Å². The number of ether oxygens (including phenoxy) is 1. The Bertz CT molecular complexity index is 1340. The van der Waals surface area contributed by atoms with Gasteiger partial charge in [0.2, 0.25) is 11.9 Å². The van der Waals surface area contributed by atoms with Crippen molar-refractivity contribution in [2.45, 2.75) is 96.7 Å². The number of anilines is 1. The maximum atomic E-state index is 13.7. The molecule has 0 unspecified atom stereocenters. The standard InChI is InChI=1S/C30H45N7O3/c1-20(18-40-6)33-28-31-16-26-24(14-25(37(26)34-28)21-8-10-23(38)11-9-21)22-15-32-36(17-22)30(4,5)27(39)35-13-7-12-29(2,3)19-35/h14-17,20-21,23,38H,7-13,18-19H2,1-6H3,(H,33,34)/t20-,21?,23?/m0/s1. The highest BCUT2D eigenvalue weighted by Crippen LogP contribution is 2.38. The van der Waals surface area contributed by atoms with Crippen LogP contribution in [0.15, 0.2) is 24.7 Å². The number of rotatable bonds is 8. The maximum Gasteiger partial charge on any atom is 0.249 e. The van der Waals surface area contributed by atoms with Crippen molar-refractivity contribution in [2.75, 3.05) is 32.1 Å². The Labute approximate surface area is 237 Å². The third-order valence-electron chi connectivity index (χ3n) is 8.63. The molecule has 3 aromatic rings. The van der Waals surface area contributed by atoms with E-state index >= 15 is 0 Å². The molecule has 10 nitrogen and oxygen atoms in total. The van der Waals surface area contributed by atoms with Crippen molar-refractivity contribution < 1.29 is 14.6 Å². The summed E-state index contributed by atoms with van der Waals surface area (Å²) in [5.74, 6) is 0.935. The van der Waals surface area contributed by atoms with Crippen molar-refractivity contribution in [3.63, 3.8) is 0 Å². The molecule has 2 fully saturated rings. The molecule has 1 aliphatic carbocycles. The molecule has 0 aromatic carbocycles. The van der Waals surface area contributed by atoms with Gasteiger partial charge in [-0.25, -0.2) is 9.50 Å². The van der Waals surface area contributed by atoms with Gasteiger partial charge in [0.05, 0.1) is 30.6 Å². The number of carbonyl (C=O) groups excluding carboxylic acids is 1. The van der Waals surface area contributed by atoms with Gasteiger partial charge in [0.25, 0.3) is 0 Å². The summed E-state index contributed by atoms with van der Waals surface area (Å²) in [5, 5.41) is 23.0. The van der Waals surface area contributed by atoms with Crippen LogP contribution >= 0.6 is 0 Å². The fourth-order valence-corrected chi connectivity index (χ4v) is 6.34. The number of hydrogen-bond acceptors (Lipinski definition) is 7. The maximum absolute atomic E-state index is 13.7. The largest absolute Gasteiger partial charge is 0.393 e. The summed E-state index contributed by atoms with van der Waals surface area (Å²) in [7, 11) is 1.68. The zero-order valence-electron chi connectivity index (χ0n) is 24.9. The molecule has 1 saturated carbocycles. The van der Waals surface area contributed by atoms with Crippen LogP contribution in [0.4, 0.5) is 5.95 Å². The minimum absolute atomic E-state index is 0.0641. The summed E-state index contributed by atoms with van der Waals surface area (Å²) in [4.78, 5) is 20.3. The molecule has 0 spiro atoms. The van der Waals surface area contributed by atoms with Crippen molar-refractivity contribution in [1.82, 2.24) is 29.3 Å². The third-order valence-corrected chi connectivity index (χ3v) is 8.63. The predicted octanol–water partition coefficient (Wildman–Crippen LogP) is 4.44. The molecule has 4 heterocycles.